The van der Waals surface area contributed by atoms with E-state index in [1.165, 1.54) is 22.9 Å². The highest BCUT2D eigenvalue weighted by Gasteiger charge is 2.45. The number of hydrogen-bond donors (Lipinski definition) is 3. The summed E-state index contributed by atoms with van der Waals surface area (Å²) < 4.78 is 21.5. The molecule has 3 heterocycles. The van der Waals surface area contributed by atoms with E-state index < -0.39 is 11.7 Å². The van der Waals surface area contributed by atoms with E-state index in [1.807, 2.05) is 4.90 Å². The third-order valence-electron chi connectivity index (χ3n) is 4.79. The van der Waals surface area contributed by atoms with E-state index in [0.717, 1.165) is 6.20 Å². The van der Waals surface area contributed by atoms with E-state index in [9.17, 15) is 9.18 Å². The van der Waals surface area contributed by atoms with Crippen LogP contribution >= 0.6 is 0 Å². The molecule has 0 saturated carbocycles. The molecule has 2 aromatic rings. The summed E-state index contributed by atoms with van der Waals surface area (Å²) in [4.78, 5) is 22.8. The van der Waals surface area contributed by atoms with Crippen molar-refractivity contribution in [2.45, 2.75) is 12.0 Å². The molecule has 1 aliphatic rings. The minimum absolute atomic E-state index is 0.228. The van der Waals surface area contributed by atoms with E-state index in [0.29, 0.717) is 19.1 Å². The predicted octanol–water partition coefficient (Wildman–Crippen LogP) is -0.544. The summed E-state index contributed by atoms with van der Waals surface area (Å²) in [7, 11) is 6.99. The van der Waals surface area contributed by atoms with Crippen LogP contribution < -0.4 is 26.4 Å². The van der Waals surface area contributed by atoms with Crippen LogP contribution in [-0.4, -0.2) is 60.8 Å². The standard InChI is InChI=1S/C17H24FN7O2/c1-19-15-17(20-2,21-3)27-8-7-25(15)16-23-13(9-14(26)24(16)4)11-5-6-22-10-12(11)18/h5-6,9-10,15,19-21H,7-8H2,1-4H3. The van der Waals surface area contributed by atoms with Crippen LogP contribution in [0.25, 0.3) is 11.3 Å². The Hall–Kier alpha value is -2.40. The largest absolute Gasteiger partial charge is 0.342 e. The Balaban J connectivity index is 2.13. The van der Waals surface area contributed by atoms with Crippen molar-refractivity contribution in [3.63, 3.8) is 0 Å². The maximum Gasteiger partial charge on any atom is 0.255 e. The van der Waals surface area contributed by atoms with Crippen molar-refractivity contribution >= 4 is 5.95 Å². The molecule has 0 bridgehead atoms. The Morgan fingerprint density at radius 1 is 1.33 bits per heavy atom. The molecule has 1 unspecified atom stereocenters. The molecule has 3 N–H and O–H groups in total. The van der Waals surface area contributed by atoms with Crippen molar-refractivity contribution < 1.29 is 9.13 Å². The summed E-state index contributed by atoms with van der Waals surface area (Å²) in [5.74, 6) is -1.01. The second-order valence-corrected chi connectivity index (χ2v) is 6.16. The second-order valence-electron chi connectivity index (χ2n) is 6.16. The molecular formula is C17H24FN7O2. The van der Waals surface area contributed by atoms with Crippen LogP contribution in [0.5, 0.6) is 0 Å². The lowest BCUT2D eigenvalue weighted by atomic mass is 10.2. The first-order chi connectivity index (χ1) is 13.0. The van der Waals surface area contributed by atoms with Gasteiger partial charge in [-0.3, -0.25) is 30.3 Å². The van der Waals surface area contributed by atoms with Crippen molar-refractivity contribution in [2.24, 2.45) is 7.05 Å². The lowest BCUT2D eigenvalue weighted by molar-refractivity contribution is -0.128. The number of aromatic nitrogens is 3. The second kappa shape index (κ2) is 7.69. The fraction of sp³-hybridized carbons (Fsp3) is 0.471. The number of ether oxygens (including phenoxy) is 1. The molecule has 10 heteroatoms. The number of nitrogens with zero attached hydrogens (tertiary/aromatic N) is 4. The van der Waals surface area contributed by atoms with Gasteiger partial charge in [-0.25, -0.2) is 9.37 Å². The summed E-state index contributed by atoms with van der Waals surface area (Å²) in [5.41, 5.74) is 0.202. The summed E-state index contributed by atoms with van der Waals surface area (Å²) in [5, 5.41) is 9.47. The molecular weight excluding hydrogens is 353 g/mol. The van der Waals surface area contributed by atoms with Gasteiger partial charge in [-0.05, 0) is 27.2 Å². The molecule has 0 aromatic carbocycles. The van der Waals surface area contributed by atoms with Gasteiger partial charge in [-0.2, -0.15) is 0 Å². The maximum atomic E-state index is 14.2. The van der Waals surface area contributed by atoms with Crippen molar-refractivity contribution in [1.82, 2.24) is 30.5 Å². The van der Waals surface area contributed by atoms with Crippen LogP contribution in [-0.2, 0) is 11.8 Å². The van der Waals surface area contributed by atoms with Gasteiger partial charge in [0.25, 0.3) is 5.56 Å². The smallest absolute Gasteiger partial charge is 0.255 e. The average Bonchev–Trinajstić information content (AvgIpc) is 2.69. The molecule has 2 aromatic heterocycles. The van der Waals surface area contributed by atoms with Crippen LogP contribution in [0.2, 0.25) is 0 Å². The number of hydrogen-bond acceptors (Lipinski definition) is 8. The Bertz CT molecular complexity index is 869. The fourth-order valence-corrected chi connectivity index (χ4v) is 3.35. The number of pyridine rings is 1. The minimum atomic E-state index is -0.886. The van der Waals surface area contributed by atoms with E-state index in [-0.39, 0.29) is 23.0 Å². The molecule has 0 spiro atoms. The molecule has 27 heavy (non-hydrogen) atoms. The third kappa shape index (κ3) is 3.32. The average molecular weight is 377 g/mol. The van der Waals surface area contributed by atoms with Crippen molar-refractivity contribution in [1.29, 1.82) is 0 Å². The van der Waals surface area contributed by atoms with E-state index in [4.69, 9.17) is 4.74 Å². The fourth-order valence-electron chi connectivity index (χ4n) is 3.35. The molecule has 1 aliphatic heterocycles. The van der Waals surface area contributed by atoms with E-state index >= 15 is 0 Å². The molecule has 1 saturated heterocycles. The number of nitrogens with one attached hydrogen (secondary N) is 3. The van der Waals surface area contributed by atoms with Crippen LogP contribution in [0.3, 0.4) is 0 Å². The molecule has 3 rings (SSSR count). The van der Waals surface area contributed by atoms with Crippen LogP contribution in [0.15, 0.2) is 29.3 Å². The van der Waals surface area contributed by atoms with Gasteiger partial charge in [0.2, 0.25) is 11.8 Å². The van der Waals surface area contributed by atoms with Crippen molar-refractivity contribution in [3.8, 4) is 11.3 Å². The zero-order chi connectivity index (χ0) is 19.6. The Morgan fingerprint density at radius 3 is 2.70 bits per heavy atom. The SMILES string of the molecule is CNC1N(c2nc(-c3ccncc3F)cc(=O)n2C)CCOC1(NC)NC. The molecule has 0 amide bonds. The van der Waals surface area contributed by atoms with Gasteiger partial charge in [0.1, 0.15) is 6.17 Å². The molecule has 1 fully saturated rings. The Kier molecular flexibility index (Phi) is 5.51. The first-order valence-corrected chi connectivity index (χ1v) is 8.61. The van der Waals surface area contributed by atoms with Gasteiger partial charge in [-0.15, -0.1) is 0 Å². The number of rotatable bonds is 5. The number of morpholine rings is 1. The van der Waals surface area contributed by atoms with E-state index in [2.05, 4.69) is 25.9 Å². The summed E-state index contributed by atoms with van der Waals surface area (Å²) >= 11 is 0. The predicted molar refractivity (Wildman–Crippen MR) is 99.7 cm³/mol. The van der Waals surface area contributed by atoms with Gasteiger partial charge < -0.3 is 9.64 Å². The molecule has 0 radical (unpaired) electrons. The highest BCUT2D eigenvalue weighted by atomic mass is 19.1. The quantitative estimate of drug-likeness (QED) is 0.598. The van der Waals surface area contributed by atoms with Gasteiger partial charge in [0.05, 0.1) is 18.5 Å². The molecule has 0 aliphatic carbocycles. The summed E-state index contributed by atoms with van der Waals surface area (Å²) in [6.07, 6.45) is 2.19. The molecule has 146 valence electrons. The number of halogens is 1. The lowest BCUT2D eigenvalue weighted by Gasteiger charge is -2.49. The Labute approximate surface area is 156 Å². The monoisotopic (exact) mass is 377 g/mol. The minimum Gasteiger partial charge on any atom is -0.342 e. The first kappa shape index (κ1) is 19.4. The lowest BCUT2D eigenvalue weighted by Crippen LogP contribution is -2.76. The third-order valence-corrected chi connectivity index (χ3v) is 4.79. The van der Waals surface area contributed by atoms with Gasteiger partial charge in [0, 0.05) is 31.4 Å². The van der Waals surface area contributed by atoms with Crippen LogP contribution in [0, 0.1) is 5.82 Å². The summed E-state index contributed by atoms with van der Waals surface area (Å²) in [6.45, 7) is 0.906. The highest BCUT2D eigenvalue weighted by molar-refractivity contribution is 5.60. The van der Waals surface area contributed by atoms with Crippen LogP contribution in [0.1, 0.15) is 0 Å². The van der Waals surface area contributed by atoms with Gasteiger partial charge >= 0.3 is 0 Å². The van der Waals surface area contributed by atoms with Gasteiger partial charge in [-0.1, -0.05) is 0 Å². The highest BCUT2D eigenvalue weighted by Crippen LogP contribution is 2.25. The molecule has 9 nitrogen and oxygen atoms in total. The maximum absolute atomic E-state index is 14.2. The molecule has 1 atom stereocenters. The first-order valence-electron chi connectivity index (χ1n) is 8.61. The van der Waals surface area contributed by atoms with Crippen molar-refractivity contribution in [2.75, 3.05) is 39.2 Å². The van der Waals surface area contributed by atoms with Crippen molar-refractivity contribution in [3.05, 3.63) is 40.7 Å². The zero-order valence-corrected chi connectivity index (χ0v) is 15.8. The zero-order valence-electron chi connectivity index (χ0n) is 15.8. The number of anilines is 1. The Morgan fingerprint density at radius 2 is 2.07 bits per heavy atom. The topological polar surface area (TPSA) is 96.3 Å². The summed E-state index contributed by atoms with van der Waals surface area (Å²) in [6, 6.07) is 2.82. The normalized spacial score (nSPS) is 19.3. The van der Waals surface area contributed by atoms with Crippen LogP contribution in [0.4, 0.5) is 10.3 Å². The van der Waals surface area contributed by atoms with Gasteiger partial charge in [0.15, 0.2) is 5.82 Å². The van der Waals surface area contributed by atoms with E-state index in [1.54, 1.807) is 28.2 Å². The number of likely N-dealkylation sites (N-methyl/N-ethyl adjacent to an activating group) is 3.